The molecule has 2 rings (SSSR count). The second kappa shape index (κ2) is 12.7. The Morgan fingerprint density at radius 1 is 0.700 bits per heavy atom. The van der Waals surface area contributed by atoms with Gasteiger partial charge in [-0.2, -0.15) is 0 Å². The van der Waals surface area contributed by atoms with E-state index in [1.165, 1.54) is 44.1 Å². The number of para-hydroxylation sites is 1. The Bertz CT molecular complexity index is 708. The van der Waals surface area contributed by atoms with Crippen LogP contribution in [-0.2, 0) is 11.8 Å². The molecule has 2 heteroatoms. The molecule has 2 aromatic rings. The molecule has 0 saturated carbocycles. The van der Waals surface area contributed by atoms with Crippen molar-refractivity contribution in [2.75, 3.05) is 0 Å². The van der Waals surface area contributed by atoms with Gasteiger partial charge in [-0.25, -0.2) is 0 Å². The van der Waals surface area contributed by atoms with Gasteiger partial charge in [0, 0.05) is 0 Å². The van der Waals surface area contributed by atoms with Gasteiger partial charge in [0.1, 0.15) is 11.5 Å². The minimum absolute atomic E-state index is 0.159. The molecule has 0 fully saturated rings. The molecule has 2 nitrogen and oxygen atoms in total. The van der Waals surface area contributed by atoms with Crippen LogP contribution >= 0.6 is 0 Å². The van der Waals surface area contributed by atoms with Gasteiger partial charge in [0.2, 0.25) is 0 Å². The molecule has 0 spiro atoms. The summed E-state index contributed by atoms with van der Waals surface area (Å²) < 4.78 is 0. The quantitative estimate of drug-likeness (QED) is 0.406. The second-order valence-corrected chi connectivity index (χ2v) is 10.3. The smallest absolute Gasteiger partial charge is 0.118 e. The van der Waals surface area contributed by atoms with E-state index in [0.717, 1.165) is 18.4 Å². The minimum atomic E-state index is 0.159. The molecule has 0 saturated heterocycles. The highest BCUT2D eigenvalue weighted by Crippen LogP contribution is 2.36. The van der Waals surface area contributed by atoms with Gasteiger partial charge in [0.05, 0.1) is 0 Å². The lowest BCUT2D eigenvalue weighted by Crippen LogP contribution is -2.24. The number of phenols is 2. The summed E-state index contributed by atoms with van der Waals surface area (Å²) >= 11 is 0. The Labute approximate surface area is 185 Å². The number of benzene rings is 2. The van der Waals surface area contributed by atoms with Crippen molar-refractivity contribution in [1.29, 1.82) is 0 Å². The van der Waals surface area contributed by atoms with Crippen LogP contribution < -0.4 is 0 Å². The summed E-state index contributed by atoms with van der Waals surface area (Å²) in [5.41, 5.74) is 2.86. The van der Waals surface area contributed by atoms with Crippen LogP contribution in [0, 0.1) is 5.41 Å². The van der Waals surface area contributed by atoms with E-state index in [-0.39, 0.29) is 5.41 Å². The first kappa shape index (κ1) is 26.1. The van der Waals surface area contributed by atoms with Crippen LogP contribution in [0.2, 0.25) is 0 Å². The van der Waals surface area contributed by atoms with Crippen LogP contribution in [0.4, 0.5) is 0 Å². The van der Waals surface area contributed by atoms with Crippen LogP contribution in [0.25, 0.3) is 0 Å². The number of hydrogen-bond donors (Lipinski definition) is 2. The molecule has 0 heterocycles. The van der Waals surface area contributed by atoms with E-state index in [2.05, 4.69) is 41.5 Å². The van der Waals surface area contributed by atoms with Crippen molar-refractivity contribution in [3.05, 3.63) is 59.7 Å². The van der Waals surface area contributed by atoms with E-state index in [1.807, 2.05) is 30.3 Å². The Kier molecular flexibility index (Phi) is 11.0. The molecule has 0 unspecified atom stereocenters. The normalized spacial score (nSPS) is 11.7. The van der Waals surface area contributed by atoms with Crippen molar-refractivity contribution in [2.45, 2.75) is 98.3 Å². The van der Waals surface area contributed by atoms with Gasteiger partial charge in [-0.1, -0.05) is 104 Å². The summed E-state index contributed by atoms with van der Waals surface area (Å²) in [5.74, 6) is 0.788. The van der Waals surface area contributed by atoms with Gasteiger partial charge in [0.25, 0.3) is 0 Å². The lowest BCUT2D eigenvalue weighted by atomic mass is 9.72. The Balaban J connectivity index is 0.000000300. The second-order valence-electron chi connectivity index (χ2n) is 10.3. The predicted molar refractivity (Wildman–Crippen MR) is 130 cm³/mol. The molecule has 2 aromatic carbocycles. The van der Waals surface area contributed by atoms with Crippen LogP contribution in [0.3, 0.4) is 0 Å². The van der Waals surface area contributed by atoms with Crippen molar-refractivity contribution in [3.8, 4) is 11.5 Å². The van der Waals surface area contributed by atoms with Gasteiger partial charge >= 0.3 is 0 Å². The summed E-state index contributed by atoms with van der Waals surface area (Å²) in [6.45, 7) is 13.5. The van der Waals surface area contributed by atoms with Crippen molar-refractivity contribution in [3.63, 3.8) is 0 Å². The number of aryl methyl sites for hydroxylation is 1. The predicted octanol–water partition coefficient (Wildman–Crippen LogP) is 8.40. The topological polar surface area (TPSA) is 40.5 Å². The third-order valence-electron chi connectivity index (χ3n) is 5.41. The highest BCUT2D eigenvalue weighted by Gasteiger charge is 2.26. The average Bonchev–Trinajstić information content (AvgIpc) is 2.65. The molecule has 0 bridgehead atoms. The third kappa shape index (κ3) is 10.7. The third-order valence-corrected chi connectivity index (χ3v) is 5.41. The molecule has 0 aromatic heterocycles. The van der Waals surface area contributed by atoms with Crippen LogP contribution in [-0.4, -0.2) is 10.2 Å². The highest BCUT2D eigenvalue weighted by atomic mass is 16.3. The van der Waals surface area contributed by atoms with E-state index in [4.69, 9.17) is 0 Å². The molecule has 0 aliphatic carbocycles. The van der Waals surface area contributed by atoms with Crippen molar-refractivity contribution in [2.24, 2.45) is 5.41 Å². The molecular formula is C28H44O2. The largest absolute Gasteiger partial charge is 0.508 e. The molecule has 30 heavy (non-hydrogen) atoms. The van der Waals surface area contributed by atoms with Crippen molar-refractivity contribution >= 4 is 0 Å². The maximum Gasteiger partial charge on any atom is 0.118 e. The number of aromatic hydroxyl groups is 2. The molecule has 0 aliphatic heterocycles. The van der Waals surface area contributed by atoms with Gasteiger partial charge < -0.3 is 10.2 Å². The summed E-state index contributed by atoms with van der Waals surface area (Å²) in [5, 5.41) is 18.8. The molecule has 0 aliphatic rings. The Morgan fingerprint density at radius 3 is 1.83 bits per heavy atom. The number of hydrogen-bond acceptors (Lipinski definition) is 2. The number of unbranched alkanes of at least 4 members (excludes halogenated alkanes) is 5. The zero-order valence-corrected chi connectivity index (χ0v) is 20.2. The maximum absolute atomic E-state index is 9.55. The first-order chi connectivity index (χ1) is 14.0. The van der Waals surface area contributed by atoms with Crippen LogP contribution in [0.15, 0.2) is 48.5 Å². The lowest BCUT2D eigenvalue weighted by Gasteiger charge is -2.33. The Hall–Kier alpha value is -1.96. The van der Waals surface area contributed by atoms with Gasteiger partial charge in [-0.05, 0) is 59.4 Å². The fourth-order valence-electron chi connectivity index (χ4n) is 4.16. The number of rotatable bonds is 9. The first-order valence-corrected chi connectivity index (χ1v) is 11.6. The summed E-state index contributed by atoms with van der Waals surface area (Å²) in [6, 6.07) is 15.2. The minimum Gasteiger partial charge on any atom is -0.508 e. The number of phenolic OH excluding ortho intramolecular Hbond substituents is 2. The fourth-order valence-corrected chi connectivity index (χ4v) is 4.16. The summed E-state index contributed by atoms with van der Waals surface area (Å²) in [6.07, 6.45) is 9.98. The van der Waals surface area contributed by atoms with Gasteiger partial charge in [-0.3, -0.25) is 0 Å². The molecular weight excluding hydrogens is 368 g/mol. The highest BCUT2D eigenvalue weighted by molar-refractivity contribution is 5.32. The summed E-state index contributed by atoms with van der Waals surface area (Å²) in [7, 11) is 0. The average molecular weight is 413 g/mol. The molecule has 0 amide bonds. The molecule has 168 valence electrons. The molecule has 0 atom stereocenters. The Morgan fingerprint density at radius 2 is 1.27 bits per heavy atom. The molecule has 0 radical (unpaired) electrons. The van der Waals surface area contributed by atoms with Crippen molar-refractivity contribution < 1.29 is 10.2 Å². The fraction of sp³-hybridized carbons (Fsp3) is 0.571. The first-order valence-electron chi connectivity index (χ1n) is 11.6. The van der Waals surface area contributed by atoms with E-state index in [0.29, 0.717) is 16.9 Å². The summed E-state index contributed by atoms with van der Waals surface area (Å²) in [4.78, 5) is 0. The van der Waals surface area contributed by atoms with E-state index >= 15 is 0 Å². The van der Waals surface area contributed by atoms with Crippen LogP contribution in [0.5, 0.6) is 11.5 Å². The maximum atomic E-state index is 9.55. The SMILES string of the molecule is CC(C)(C)CC(C)(C)c1ccc(O)cc1.CCCCCCCCc1ccccc1O. The van der Waals surface area contributed by atoms with E-state index in [1.54, 1.807) is 18.2 Å². The van der Waals surface area contributed by atoms with E-state index in [9.17, 15) is 10.2 Å². The van der Waals surface area contributed by atoms with Gasteiger partial charge in [-0.15, -0.1) is 0 Å². The van der Waals surface area contributed by atoms with Crippen LogP contribution in [0.1, 0.15) is 97.6 Å². The van der Waals surface area contributed by atoms with Gasteiger partial charge in [0.15, 0.2) is 0 Å². The zero-order chi connectivity index (χ0) is 22.6. The van der Waals surface area contributed by atoms with Crippen molar-refractivity contribution in [1.82, 2.24) is 0 Å². The lowest BCUT2D eigenvalue weighted by molar-refractivity contribution is 0.284. The molecule has 2 N–H and O–H groups in total. The van der Waals surface area contributed by atoms with E-state index < -0.39 is 0 Å². The zero-order valence-electron chi connectivity index (χ0n) is 20.2. The monoisotopic (exact) mass is 412 g/mol. The standard InChI is InChI=1S/2C14H22O/c1-13(2,3)10-14(4,5)11-6-8-12(15)9-7-11;1-2-3-4-5-6-7-10-13-11-8-9-12-14(13)15/h6-9,15H,10H2,1-5H3;8-9,11-12,15H,2-7,10H2,1H3.